The zero-order chi connectivity index (χ0) is 20.3. The van der Waals surface area contributed by atoms with Crippen molar-refractivity contribution in [1.82, 2.24) is 5.32 Å². The zero-order valence-corrected chi connectivity index (χ0v) is 14.7. The van der Waals surface area contributed by atoms with Crippen LogP contribution in [0.25, 0.3) is 0 Å². The first-order valence-corrected chi connectivity index (χ1v) is 8.53. The maximum Gasteiger partial charge on any atom is 0.416 e. The second-order valence-corrected chi connectivity index (χ2v) is 6.31. The summed E-state index contributed by atoms with van der Waals surface area (Å²) in [6, 6.07) is 6.26. The van der Waals surface area contributed by atoms with Gasteiger partial charge in [0.15, 0.2) is 0 Å². The second-order valence-electron chi connectivity index (χ2n) is 6.31. The molecule has 0 unspecified atom stereocenters. The van der Waals surface area contributed by atoms with Gasteiger partial charge in [-0.25, -0.2) is 8.78 Å². The second kappa shape index (κ2) is 8.04. The predicted octanol–water partition coefficient (Wildman–Crippen LogP) is 3.89. The lowest BCUT2D eigenvalue weighted by molar-refractivity contribution is -0.138. The first kappa shape index (κ1) is 19.9. The molecule has 0 radical (unpaired) electrons. The number of alkyl halides is 3. The van der Waals surface area contributed by atoms with E-state index in [0.717, 1.165) is 12.1 Å². The van der Waals surface area contributed by atoms with Gasteiger partial charge in [0.2, 0.25) is 5.91 Å². The summed E-state index contributed by atoms with van der Waals surface area (Å²) in [6.45, 7) is 0.300. The van der Waals surface area contributed by atoms with Gasteiger partial charge in [0.1, 0.15) is 17.4 Å². The van der Waals surface area contributed by atoms with Crippen molar-refractivity contribution >= 4 is 11.6 Å². The minimum absolute atomic E-state index is 0.134. The number of halogens is 5. The molecule has 1 aliphatic rings. The Labute approximate surface area is 157 Å². The summed E-state index contributed by atoms with van der Waals surface area (Å²) < 4.78 is 71.1. The molecule has 9 heteroatoms. The van der Waals surface area contributed by atoms with Crippen LogP contribution in [-0.4, -0.2) is 25.6 Å². The van der Waals surface area contributed by atoms with Crippen LogP contribution in [0.2, 0.25) is 0 Å². The van der Waals surface area contributed by atoms with Gasteiger partial charge in [-0.05, 0) is 36.2 Å². The first-order chi connectivity index (χ1) is 13.2. The summed E-state index contributed by atoms with van der Waals surface area (Å²) in [5.41, 5.74) is -0.826. The van der Waals surface area contributed by atoms with E-state index >= 15 is 0 Å². The number of carbonyl (C=O) groups excluding carboxylic acids is 1. The molecule has 150 valence electrons. The number of carbonyl (C=O) groups is 1. The van der Waals surface area contributed by atoms with Crippen LogP contribution in [0.3, 0.4) is 0 Å². The van der Waals surface area contributed by atoms with E-state index in [-0.39, 0.29) is 12.1 Å². The lowest BCUT2D eigenvalue weighted by Crippen LogP contribution is -2.37. The number of benzene rings is 2. The first-order valence-electron chi connectivity index (χ1n) is 8.53. The Morgan fingerprint density at radius 2 is 1.82 bits per heavy atom. The van der Waals surface area contributed by atoms with Crippen molar-refractivity contribution in [2.45, 2.75) is 19.1 Å². The molecule has 1 heterocycles. The van der Waals surface area contributed by atoms with E-state index in [1.54, 1.807) is 4.90 Å². The molecule has 3 rings (SSSR count). The molecule has 1 aliphatic heterocycles. The monoisotopic (exact) mass is 400 g/mol. The predicted molar refractivity (Wildman–Crippen MR) is 92.0 cm³/mol. The van der Waals surface area contributed by atoms with Crippen LogP contribution in [0.1, 0.15) is 17.5 Å². The Bertz CT molecular complexity index is 870. The van der Waals surface area contributed by atoms with Gasteiger partial charge in [-0.1, -0.05) is 6.07 Å². The maximum atomic E-state index is 13.4. The van der Waals surface area contributed by atoms with Crippen molar-refractivity contribution in [1.29, 1.82) is 0 Å². The Kier molecular flexibility index (Phi) is 5.71. The molecule has 1 amide bonds. The van der Waals surface area contributed by atoms with E-state index in [1.807, 2.05) is 0 Å². The lowest BCUT2D eigenvalue weighted by Gasteiger charge is -2.23. The third kappa shape index (κ3) is 4.71. The van der Waals surface area contributed by atoms with Gasteiger partial charge < -0.3 is 15.0 Å². The van der Waals surface area contributed by atoms with E-state index in [1.165, 1.54) is 18.2 Å². The molecule has 0 aliphatic carbocycles. The Hall–Kier alpha value is -2.84. The molecule has 1 N–H and O–H groups in total. The number of hydrogen-bond acceptors (Lipinski definition) is 3. The van der Waals surface area contributed by atoms with Crippen molar-refractivity contribution < 1.29 is 31.5 Å². The Balaban J connectivity index is 1.69. The number of nitrogens with zero attached hydrogens (tertiary/aromatic N) is 1. The molecule has 0 spiro atoms. The normalized spacial score (nSPS) is 14.1. The smallest absolute Gasteiger partial charge is 0.416 e. The molecular weight excluding hydrogens is 383 g/mol. The third-order valence-electron chi connectivity index (χ3n) is 4.28. The lowest BCUT2D eigenvalue weighted by atomic mass is 10.1. The molecule has 4 nitrogen and oxygen atoms in total. The number of anilines is 1. The number of nitrogens with one attached hydrogen (secondary N) is 1. The zero-order valence-electron chi connectivity index (χ0n) is 14.7. The van der Waals surface area contributed by atoms with Gasteiger partial charge >= 0.3 is 6.18 Å². The summed E-state index contributed by atoms with van der Waals surface area (Å²) in [5, 5.41) is 2.42. The minimum atomic E-state index is -4.73. The van der Waals surface area contributed by atoms with E-state index in [4.69, 9.17) is 4.74 Å². The molecule has 2 aromatic rings. The number of hydrogen-bond donors (Lipinski definition) is 1. The molecule has 0 atom stereocenters. The SMILES string of the molecule is O=C(CN1CCCOc2cc(F)ccc21)NCc1ccc(F)cc1C(F)(F)F. The van der Waals surface area contributed by atoms with E-state index in [2.05, 4.69) is 5.32 Å². The molecule has 0 saturated heterocycles. The van der Waals surface area contributed by atoms with Crippen molar-refractivity contribution in [3.8, 4) is 5.75 Å². The highest BCUT2D eigenvalue weighted by Gasteiger charge is 2.33. The Morgan fingerprint density at radius 1 is 1.11 bits per heavy atom. The summed E-state index contributed by atoms with van der Waals surface area (Å²) in [7, 11) is 0. The van der Waals surface area contributed by atoms with E-state index in [0.29, 0.717) is 37.1 Å². The molecule has 0 fully saturated rings. The summed E-state index contributed by atoms with van der Waals surface area (Å²) in [4.78, 5) is 14.0. The van der Waals surface area contributed by atoms with Crippen LogP contribution in [0.5, 0.6) is 5.75 Å². The third-order valence-corrected chi connectivity index (χ3v) is 4.28. The van der Waals surface area contributed by atoms with Gasteiger partial charge in [0.25, 0.3) is 0 Å². The molecule has 28 heavy (non-hydrogen) atoms. The Morgan fingerprint density at radius 3 is 2.57 bits per heavy atom. The number of rotatable bonds is 4. The minimum Gasteiger partial charge on any atom is -0.491 e. The number of ether oxygens (including phenoxy) is 1. The topological polar surface area (TPSA) is 41.6 Å². The number of amides is 1. The fourth-order valence-electron chi connectivity index (χ4n) is 2.98. The summed E-state index contributed by atoms with van der Waals surface area (Å²) in [5.74, 6) is -1.69. The molecule has 0 bridgehead atoms. The van der Waals surface area contributed by atoms with Crippen LogP contribution >= 0.6 is 0 Å². The summed E-state index contributed by atoms with van der Waals surface area (Å²) in [6.07, 6.45) is -4.13. The van der Waals surface area contributed by atoms with Crippen molar-refractivity contribution in [3.05, 3.63) is 59.2 Å². The number of fused-ring (bicyclic) bond motifs is 1. The molecular formula is C19H17F5N2O2. The van der Waals surface area contributed by atoms with Gasteiger partial charge in [0.05, 0.1) is 24.4 Å². The standard InChI is InChI=1S/C19H17F5N2O2/c20-13-3-2-12(15(8-13)19(22,23)24)10-25-18(27)11-26-6-1-7-28-17-9-14(21)4-5-16(17)26/h2-5,8-9H,1,6-7,10-11H2,(H,25,27). The van der Waals surface area contributed by atoms with Crippen molar-refractivity contribution in [2.75, 3.05) is 24.6 Å². The fraction of sp³-hybridized carbons (Fsp3) is 0.316. The average Bonchev–Trinajstić information content (AvgIpc) is 2.81. The van der Waals surface area contributed by atoms with Crippen LogP contribution in [0, 0.1) is 11.6 Å². The van der Waals surface area contributed by atoms with Crippen molar-refractivity contribution in [2.24, 2.45) is 0 Å². The highest BCUT2D eigenvalue weighted by Crippen LogP contribution is 2.33. The van der Waals surface area contributed by atoms with E-state index in [9.17, 15) is 26.7 Å². The van der Waals surface area contributed by atoms with Gasteiger partial charge in [0, 0.05) is 19.2 Å². The average molecular weight is 400 g/mol. The van der Waals surface area contributed by atoms with Gasteiger partial charge in [-0.15, -0.1) is 0 Å². The van der Waals surface area contributed by atoms with Crippen LogP contribution in [-0.2, 0) is 17.5 Å². The molecule has 2 aromatic carbocycles. The van der Waals surface area contributed by atoms with E-state index < -0.39 is 35.8 Å². The van der Waals surface area contributed by atoms with Crippen LogP contribution in [0.4, 0.5) is 27.6 Å². The molecule has 0 saturated carbocycles. The molecule has 0 aromatic heterocycles. The van der Waals surface area contributed by atoms with Gasteiger partial charge in [-0.2, -0.15) is 13.2 Å². The van der Waals surface area contributed by atoms with Crippen molar-refractivity contribution in [3.63, 3.8) is 0 Å². The van der Waals surface area contributed by atoms with Crippen LogP contribution < -0.4 is 15.0 Å². The van der Waals surface area contributed by atoms with Crippen LogP contribution in [0.15, 0.2) is 36.4 Å². The summed E-state index contributed by atoms with van der Waals surface area (Å²) >= 11 is 0. The maximum absolute atomic E-state index is 13.4. The fourth-order valence-corrected chi connectivity index (χ4v) is 2.98. The highest BCUT2D eigenvalue weighted by atomic mass is 19.4. The quantitative estimate of drug-likeness (QED) is 0.792. The highest BCUT2D eigenvalue weighted by molar-refractivity contribution is 5.82. The van der Waals surface area contributed by atoms with Gasteiger partial charge in [-0.3, -0.25) is 4.79 Å². The largest absolute Gasteiger partial charge is 0.491 e.